The van der Waals surface area contributed by atoms with Gasteiger partial charge in [0, 0.05) is 33.2 Å². The number of para-hydroxylation sites is 1. The Morgan fingerprint density at radius 1 is 0.604 bits per heavy atom. The predicted octanol–water partition coefficient (Wildman–Crippen LogP) is 11.8. The van der Waals surface area contributed by atoms with E-state index in [4.69, 9.17) is 14.4 Å². The number of furan rings is 1. The molecule has 1 aliphatic rings. The van der Waals surface area contributed by atoms with E-state index in [2.05, 4.69) is 48.5 Å². The van der Waals surface area contributed by atoms with Gasteiger partial charge in [-0.15, -0.1) is 0 Å². The van der Waals surface area contributed by atoms with Crippen LogP contribution in [0.2, 0.25) is 0 Å². The molecule has 0 spiro atoms. The molecule has 1 unspecified atom stereocenters. The van der Waals surface area contributed by atoms with Crippen LogP contribution in [0.25, 0.3) is 55.3 Å². The van der Waals surface area contributed by atoms with Crippen molar-refractivity contribution in [3.63, 3.8) is 0 Å². The van der Waals surface area contributed by atoms with Gasteiger partial charge in [0.25, 0.3) is 0 Å². The Labute approximate surface area is 308 Å². The largest absolute Gasteiger partial charge is 0.456 e. The summed E-state index contributed by atoms with van der Waals surface area (Å²) in [6.07, 6.45) is 0. The number of fused-ring (bicyclic) bond motifs is 6. The average Bonchev–Trinajstić information content (AvgIpc) is 3.70. The van der Waals surface area contributed by atoms with Crippen molar-refractivity contribution in [2.75, 3.05) is 0 Å². The second-order valence-electron chi connectivity index (χ2n) is 13.3. The molecule has 1 aromatic heterocycles. The lowest BCUT2D eigenvalue weighted by molar-refractivity contribution is 0.598. The average molecular weight is 707 g/mol. The monoisotopic (exact) mass is 706 g/mol. The van der Waals surface area contributed by atoms with Crippen molar-refractivity contribution in [3.05, 3.63) is 180 Å². The Balaban J connectivity index is 1.21. The van der Waals surface area contributed by atoms with Gasteiger partial charge in [0.05, 0.1) is 15.8 Å². The molecule has 2 heterocycles. The summed E-state index contributed by atoms with van der Waals surface area (Å²) < 4.78 is 34.6. The fraction of sp³-hybridized carbons (Fsp3) is 0.0638. The van der Waals surface area contributed by atoms with Crippen LogP contribution in [-0.4, -0.2) is 20.0 Å². The zero-order valence-corrected chi connectivity index (χ0v) is 30.0. The molecule has 8 aromatic rings. The smallest absolute Gasteiger partial charge is 0.207 e. The molecule has 5 nitrogen and oxygen atoms in total. The summed E-state index contributed by atoms with van der Waals surface area (Å²) in [5.41, 5.74) is 10.4. The highest BCUT2D eigenvalue weighted by molar-refractivity contribution is 7.92. The number of hydrogen-bond donors (Lipinski definition) is 0. The first-order chi connectivity index (χ1) is 25.9. The molecule has 0 saturated heterocycles. The van der Waals surface area contributed by atoms with Crippen molar-refractivity contribution < 1.29 is 12.8 Å². The number of rotatable bonds is 6. The number of aliphatic imine (C=N–C) groups is 2. The van der Waals surface area contributed by atoms with Gasteiger partial charge in [-0.05, 0) is 77.6 Å². The minimum atomic E-state index is -3.80. The maximum atomic E-state index is 14.2. The summed E-state index contributed by atoms with van der Waals surface area (Å²) in [5, 5.41) is 2.01. The minimum absolute atomic E-state index is 0.241. The minimum Gasteiger partial charge on any atom is -0.456 e. The molecule has 0 bridgehead atoms. The maximum Gasteiger partial charge on any atom is 0.207 e. The van der Waals surface area contributed by atoms with Crippen LogP contribution < -0.4 is 0 Å². The van der Waals surface area contributed by atoms with E-state index in [1.807, 2.05) is 111 Å². The number of amidine groups is 1. The van der Waals surface area contributed by atoms with E-state index in [0.717, 1.165) is 61.0 Å². The first-order valence-corrected chi connectivity index (χ1v) is 19.1. The Morgan fingerprint density at radius 2 is 1.26 bits per heavy atom. The van der Waals surface area contributed by atoms with Gasteiger partial charge in [0.2, 0.25) is 9.84 Å². The molecular formula is C47H34N2O3S. The summed E-state index contributed by atoms with van der Waals surface area (Å²) >= 11 is 0. The van der Waals surface area contributed by atoms with E-state index < -0.39 is 9.84 Å². The number of benzene rings is 7. The van der Waals surface area contributed by atoms with Crippen LogP contribution in [0.1, 0.15) is 36.6 Å². The molecule has 1 atom stereocenters. The third kappa shape index (κ3) is 5.68. The lowest BCUT2D eigenvalue weighted by Gasteiger charge is -2.14. The molecule has 0 saturated carbocycles. The lowest BCUT2D eigenvalue weighted by atomic mass is 9.93. The topological polar surface area (TPSA) is 72.0 Å². The predicted molar refractivity (Wildman–Crippen MR) is 216 cm³/mol. The second-order valence-corrected chi connectivity index (χ2v) is 15.2. The summed E-state index contributed by atoms with van der Waals surface area (Å²) in [7, 11) is -3.80. The van der Waals surface area contributed by atoms with Crippen LogP contribution >= 0.6 is 0 Å². The third-order valence-corrected chi connectivity index (χ3v) is 11.9. The van der Waals surface area contributed by atoms with E-state index in [-0.39, 0.29) is 15.8 Å². The molecule has 0 aliphatic carbocycles. The fourth-order valence-corrected chi connectivity index (χ4v) is 9.07. The molecule has 0 fully saturated rings. The molecule has 6 heteroatoms. The van der Waals surface area contributed by atoms with Crippen molar-refractivity contribution >= 4 is 43.3 Å². The Bertz CT molecular complexity index is 2850. The van der Waals surface area contributed by atoms with Gasteiger partial charge in [-0.3, -0.25) is 4.99 Å². The summed E-state index contributed by atoms with van der Waals surface area (Å²) in [4.78, 5) is 10.9. The van der Waals surface area contributed by atoms with Crippen molar-refractivity contribution in [1.82, 2.24) is 0 Å². The van der Waals surface area contributed by atoms with E-state index in [1.54, 1.807) is 18.2 Å². The maximum absolute atomic E-state index is 14.2. The summed E-state index contributed by atoms with van der Waals surface area (Å²) in [6, 6.07) is 53.5. The van der Waals surface area contributed by atoms with Crippen LogP contribution in [0.15, 0.2) is 188 Å². The van der Waals surface area contributed by atoms with Gasteiger partial charge < -0.3 is 4.42 Å². The molecule has 0 amide bonds. The van der Waals surface area contributed by atoms with Gasteiger partial charge >= 0.3 is 0 Å². The molecule has 1 aliphatic heterocycles. The van der Waals surface area contributed by atoms with Gasteiger partial charge in [-0.1, -0.05) is 133 Å². The van der Waals surface area contributed by atoms with E-state index in [1.165, 1.54) is 0 Å². The highest BCUT2D eigenvalue weighted by Gasteiger charge is 2.36. The van der Waals surface area contributed by atoms with Crippen LogP contribution in [0.3, 0.4) is 0 Å². The highest BCUT2D eigenvalue weighted by Crippen LogP contribution is 2.48. The van der Waals surface area contributed by atoms with Crippen molar-refractivity contribution in [2.24, 2.45) is 9.98 Å². The molecule has 53 heavy (non-hydrogen) atoms. The number of nitrogens with zero attached hydrogens (tertiary/aromatic N) is 2. The van der Waals surface area contributed by atoms with Gasteiger partial charge in [0.1, 0.15) is 11.2 Å². The van der Waals surface area contributed by atoms with E-state index >= 15 is 0 Å². The summed E-state index contributed by atoms with van der Waals surface area (Å²) in [6.45, 7) is 4.01. The zero-order valence-electron chi connectivity index (χ0n) is 29.2. The van der Waals surface area contributed by atoms with Gasteiger partial charge in [0.15, 0.2) is 5.84 Å². The van der Waals surface area contributed by atoms with Crippen molar-refractivity contribution in [1.29, 1.82) is 0 Å². The molecule has 0 radical (unpaired) electrons. The van der Waals surface area contributed by atoms with Gasteiger partial charge in [-0.25, -0.2) is 13.4 Å². The van der Waals surface area contributed by atoms with E-state index in [9.17, 15) is 8.42 Å². The Kier molecular flexibility index (Phi) is 7.98. The Hall–Kier alpha value is -6.37. The quantitative estimate of drug-likeness (QED) is 0.128. The Morgan fingerprint density at radius 3 is 2.06 bits per heavy atom. The molecule has 9 rings (SSSR count). The van der Waals surface area contributed by atoms with E-state index in [0.29, 0.717) is 22.5 Å². The highest BCUT2D eigenvalue weighted by atomic mass is 32.2. The fourth-order valence-electron chi connectivity index (χ4n) is 7.39. The van der Waals surface area contributed by atoms with Crippen molar-refractivity contribution in [3.8, 4) is 33.4 Å². The van der Waals surface area contributed by atoms with Crippen LogP contribution in [0, 0.1) is 0 Å². The standard InChI is InChI=1S/C47H34N2O3S/c1-30(32-13-5-3-6-14-32)48-47(49-31(2)33-23-25-35(26-24-33)34-15-7-4-8-16-34)39-19-12-22-44-46(39)40-29-36(27-28-43(40)53(44,50)51)37-18-11-21-42-45(37)38-17-9-10-20-41(38)52-42/h3-30H,1-2H3. The van der Waals surface area contributed by atoms with Crippen molar-refractivity contribution in [2.45, 2.75) is 29.7 Å². The summed E-state index contributed by atoms with van der Waals surface area (Å²) in [5.74, 6) is 0.472. The zero-order chi connectivity index (χ0) is 36.1. The van der Waals surface area contributed by atoms with Gasteiger partial charge in [-0.2, -0.15) is 0 Å². The van der Waals surface area contributed by atoms with Crippen LogP contribution in [0.5, 0.6) is 0 Å². The second kappa shape index (κ2) is 13.0. The SMILES string of the molecule is CC(=NC(=NC(C)c1ccccc1)c1cccc2c1-c1cc(-c3cccc4oc5ccccc5c34)ccc1S2(=O)=O)c1ccc(-c2ccccc2)cc1. The first-order valence-electron chi connectivity index (χ1n) is 17.6. The number of sulfone groups is 1. The molecule has 256 valence electrons. The third-order valence-electron chi connectivity index (χ3n) is 10.1. The first kappa shape index (κ1) is 32.5. The normalized spacial score (nSPS) is 14.3. The lowest BCUT2D eigenvalue weighted by Crippen LogP contribution is -2.08. The number of hydrogen-bond acceptors (Lipinski definition) is 4. The van der Waals surface area contributed by atoms with Crippen LogP contribution in [-0.2, 0) is 9.84 Å². The molecule has 0 N–H and O–H groups in total. The van der Waals surface area contributed by atoms with Crippen LogP contribution in [0.4, 0.5) is 0 Å². The molecular weight excluding hydrogens is 673 g/mol. The molecule has 7 aromatic carbocycles.